The van der Waals surface area contributed by atoms with Crippen molar-refractivity contribution in [3.8, 4) is 5.75 Å². The first kappa shape index (κ1) is 28.6. The number of ether oxygens (including phenoxy) is 6. The molecule has 4 heterocycles. The fourth-order valence-electron chi connectivity index (χ4n) is 7.70. The summed E-state index contributed by atoms with van der Waals surface area (Å²) in [4.78, 5) is 25.4. The van der Waals surface area contributed by atoms with Crippen molar-refractivity contribution >= 4 is 11.9 Å². The number of benzene rings is 2. The average molecular weight is 601 g/mol. The zero-order valence-electron chi connectivity index (χ0n) is 23.1. The molecular formula is C30H32O13. The van der Waals surface area contributed by atoms with Gasteiger partial charge in [-0.25, -0.2) is 9.59 Å². The minimum absolute atomic E-state index is 0.0149. The Morgan fingerprint density at radius 3 is 2.30 bits per heavy atom. The van der Waals surface area contributed by atoms with E-state index in [9.17, 15) is 35.1 Å². The smallest absolute Gasteiger partial charge is 0.338 e. The molecule has 0 unspecified atom stereocenters. The van der Waals surface area contributed by atoms with Gasteiger partial charge >= 0.3 is 11.9 Å². The summed E-state index contributed by atoms with van der Waals surface area (Å²) in [5.74, 6) is -3.46. The second-order valence-corrected chi connectivity index (χ2v) is 12.2. The summed E-state index contributed by atoms with van der Waals surface area (Å²) in [7, 11) is 0. The van der Waals surface area contributed by atoms with Gasteiger partial charge in [-0.2, -0.15) is 0 Å². The molecule has 7 fully saturated rings. The van der Waals surface area contributed by atoms with E-state index in [0.717, 1.165) is 0 Å². The molecule has 3 aliphatic carbocycles. The lowest BCUT2D eigenvalue weighted by Gasteiger charge is -2.67. The van der Waals surface area contributed by atoms with E-state index in [1.54, 1.807) is 37.3 Å². The van der Waals surface area contributed by atoms with Gasteiger partial charge in [0.15, 0.2) is 18.4 Å². The normalized spacial score (nSPS) is 43.7. The number of carbonyl (C=O) groups is 2. The van der Waals surface area contributed by atoms with Gasteiger partial charge in [-0.1, -0.05) is 18.2 Å². The van der Waals surface area contributed by atoms with Gasteiger partial charge in [-0.3, -0.25) is 0 Å². The Balaban J connectivity index is 1.12. The average Bonchev–Trinajstić information content (AvgIpc) is 3.18. The third-order valence-corrected chi connectivity index (χ3v) is 9.87. The minimum atomic E-state index is -1.71. The molecule has 0 aromatic heterocycles. The van der Waals surface area contributed by atoms with E-state index in [2.05, 4.69) is 0 Å². The number of aliphatic hydroxyl groups is 4. The predicted octanol–water partition coefficient (Wildman–Crippen LogP) is 0.213. The first-order valence-electron chi connectivity index (χ1n) is 14.1. The van der Waals surface area contributed by atoms with E-state index in [4.69, 9.17) is 28.4 Å². The van der Waals surface area contributed by atoms with E-state index < -0.39 is 83.9 Å². The van der Waals surface area contributed by atoms with Crippen LogP contribution in [0.2, 0.25) is 0 Å². The molecule has 230 valence electrons. The molecule has 3 saturated carbocycles. The number of phenols is 1. The molecule has 9 rings (SSSR count). The Morgan fingerprint density at radius 2 is 1.58 bits per heavy atom. The molecule has 2 aromatic rings. The van der Waals surface area contributed by atoms with Gasteiger partial charge in [0.2, 0.25) is 0 Å². The Kier molecular flexibility index (Phi) is 6.44. The van der Waals surface area contributed by atoms with Crippen LogP contribution in [0.4, 0.5) is 0 Å². The Bertz CT molecular complexity index is 1420. The van der Waals surface area contributed by atoms with Crippen LogP contribution in [0, 0.1) is 11.3 Å². The molecule has 43 heavy (non-hydrogen) atoms. The number of aromatic hydroxyl groups is 1. The molecule has 0 amide bonds. The maximum absolute atomic E-state index is 12.9. The summed E-state index contributed by atoms with van der Waals surface area (Å²) in [5, 5.41) is 53.2. The van der Waals surface area contributed by atoms with E-state index in [1.165, 1.54) is 24.3 Å². The Hall–Kier alpha value is -3.14. The molecule has 0 radical (unpaired) electrons. The van der Waals surface area contributed by atoms with Crippen LogP contribution in [0.3, 0.4) is 0 Å². The number of aliphatic hydroxyl groups excluding tert-OH is 3. The van der Waals surface area contributed by atoms with Crippen LogP contribution in [0.5, 0.6) is 5.75 Å². The third kappa shape index (κ3) is 3.93. The molecule has 7 aliphatic rings. The molecular weight excluding hydrogens is 568 g/mol. The van der Waals surface area contributed by atoms with Crippen molar-refractivity contribution in [2.75, 3.05) is 13.2 Å². The van der Waals surface area contributed by atoms with E-state index in [0.29, 0.717) is 0 Å². The van der Waals surface area contributed by atoms with E-state index in [1.807, 2.05) is 0 Å². The first-order chi connectivity index (χ1) is 20.4. The molecule has 2 aromatic carbocycles. The highest BCUT2D eigenvalue weighted by atomic mass is 16.8. The second-order valence-electron chi connectivity index (χ2n) is 12.2. The molecule has 4 saturated heterocycles. The van der Waals surface area contributed by atoms with Gasteiger partial charge in [-0.15, -0.1) is 0 Å². The van der Waals surface area contributed by atoms with Gasteiger partial charge in [0.1, 0.15) is 54.6 Å². The van der Waals surface area contributed by atoms with Crippen LogP contribution in [0.1, 0.15) is 40.5 Å². The Labute approximate surface area is 245 Å². The molecule has 13 nitrogen and oxygen atoms in total. The Morgan fingerprint density at radius 1 is 0.907 bits per heavy atom. The molecule has 13 heteroatoms. The van der Waals surface area contributed by atoms with Gasteiger partial charge in [-0.05, 0) is 49.7 Å². The fraction of sp³-hybridized carbons (Fsp3) is 0.533. The van der Waals surface area contributed by atoms with Crippen molar-refractivity contribution < 1.29 is 63.5 Å². The summed E-state index contributed by atoms with van der Waals surface area (Å²) in [5.41, 5.74) is -3.18. The van der Waals surface area contributed by atoms with Gasteiger partial charge in [0.25, 0.3) is 0 Å². The van der Waals surface area contributed by atoms with E-state index >= 15 is 0 Å². The summed E-state index contributed by atoms with van der Waals surface area (Å²) < 4.78 is 35.6. The van der Waals surface area contributed by atoms with Crippen molar-refractivity contribution in [3.05, 3.63) is 65.7 Å². The van der Waals surface area contributed by atoms with Crippen LogP contribution in [0.15, 0.2) is 54.6 Å². The lowest BCUT2D eigenvalue weighted by molar-refractivity contribution is -0.424. The number of esters is 2. The van der Waals surface area contributed by atoms with Crippen LogP contribution in [-0.2, 0) is 28.4 Å². The van der Waals surface area contributed by atoms with Gasteiger partial charge < -0.3 is 54.0 Å². The molecule has 4 aliphatic heterocycles. The first-order valence-corrected chi connectivity index (χ1v) is 14.1. The highest BCUT2D eigenvalue weighted by Crippen LogP contribution is 2.81. The quantitative estimate of drug-likeness (QED) is 0.259. The lowest BCUT2D eigenvalue weighted by Crippen LogP contribution is -2.80. The third-order valence-electron chi connectivity index (χ3n) is 9.87. The van der Waals surface area contributed by atoms with Crippen LogP contribution in [-0.4, -0.2) is 105 Å². The fourth-order valence-corrected chi connectivity index (χ4v) is 7.70. The summed E-state index contributed by atoms with van der Waals surface area (Å²) in [6, 6.07) is 13.7. The SMILES string of the molecule is C[C@@]12C[C@@]3(O)O[C@@H](O1)[C@]1(COC(=O)c4ccc(O)cc4)[C@H]3C[C@@]12O[C@H]1O[C@H](COC(=O)c2ccccc2)[C@@H](O)[C@H](O)[C@H]1O. The van der Waals surface area contributed by atoms with Crippen molar-refractivity contribution in [1.82, 2.24) is 0 Å². The number of hydrogen-bond donors (Lipinski definition) is 5. The molecule has 0 spiro atoms. The topological polar surface area (TPSA) is 191 Å². The van der Waals surface area contributed by atoms with Crippen LogP contribution >= 0.6 is 0 Å². The molecule has 5 N–H and O–H groups in total. The highest BCUT2D eigenvalue weighted by Gasteiger charge is 2.94. The van der Waals surface area contributed by atoms with Crippen molar-refractivity contribution in [1.29, 1.82) is 0 Å². The number of rotatable bonds is 8. The highest BCUT2D eigenvalue weighted by molar-refractivity contribution is 5.90. The maximum Gasteiger partial charge on any atom is 0.338 e. The van der Waals surface area contributed by atoms with Gasteiger partial charge in [0.05, 0.1) is 16.5 Å². The number of carbonyl (C=O) groups excluding carboxylic acids is 2. The minimum Gasteiger partial charge on any atom is -0.508 e. The predicted molar refractivity (Wildman–Crippen MR) is 140 cm³/mol. The van der Waals surface area contributed by atoms with Gasteiger partial charge in [0, 0.05) is 12.3 Å². The number of hydrogen-bond acceptors (Lipinski definition) is 13. The van der Waals surface area contributed by atoms with E-state index in [-0.39, 0.29) is 36.3 Å². The monoisotopic (exact) mass is 600 g/mol. The zero-order valence-corrected chi connectivity index (χ0v) is 23.1. The molecule has 11 atom stereocenters. The van der Waals surface area contributed by atoms with Crippen LogP contribution < -0.4 is 0 Å². The largest absolute Gasteiger partial charge is 0.508 e. The summed E-state index contributed by atoms with van der Waals surface area (Å²) in [6.07, 6.45) is -8.57. The van der Waals surface area contributed by atoms with Crippen molar-refractivity contribution in [3.63, 3.8) is 0 Å². The van der Waals surface area contributed by atoms with Crippen molar-refractivity contribution in [2.24, 2.45) is 11.3 Å². The standard InChI is InChI=1S/C30H32O13/c1-27-13-29(37)19-11-30(27,28(19,26(42-27)43-29)14-39-24(36)16-7-9-17(31)10-8-16)41-25-22(34)21(33)20(32)18(40-25)12-38-23(35)15-5-3-2-4-6-15/h2-10,18-22,25-26,31-34,37H,11-14H2,1H3/t18-,19-,20-,21+,22-,25-,26-,27+,28+,29-,30+/m1/s1. The van der Waals surface area contributed by atoms with Crippen molar-refractivity contribution in [2.45, 2.75) is 73.8 Å². The zero-order chi connectivity index (χ0) is 30.4. The summed E-state index contributed by atoms with van der Waals surface area (Å²) in [6.45, 7) is 1.01. The lowest BCUT2D eigenvalue weighted by atomic mass is 9.41. The maximum atomic E-state index is 12.9. The second kappa shape index (κ2) is 9.68. The summed E-state index contributed by atoms with van der Waals surface area (Å²) >= 11 is 0. The molecule has 6 bridgehead atoms. The van der Waals surface area contributed by atoms with Crippen LogP contribution in [0.25, 0.3) is 0 Å². The number of phenolic OH excluding ortho intramolecular Hbond substituents is 1.